The first-order valence-electron chi connectivity index (χ1n) is 8.79. The van der Waals surface area contributed by atoms with Gasteiger partial charge in [0.05, 0.1) is 0 Å². The second-order valence-corrected chi connectivity index (χ2v) is 7.98. The Bertz CT molecular complexity index is 719. The molecule has 1 fully saturated rings. The number of nitrogens with one attached hydrogen (secondary N) is 1. The molecule has 3 unspecified atom stereocenters. The number of rotatable bonds is 4. The molecule has 0 amide bonds. The first-order valence-corrected chi connectivity index (χ1v) is 9.71. The molecule has 3 atom stereocenters. The van der Waals surface area contributed by atoms with Crippen molar-refractivity contribution in [3.05, 3.63) is 35.7 Å². The molecular weight excluding hydrogens is 382 g/mol. The average Bonchev–Trinajstić information content (AvgIpc) is 3.08. The van der Waals surface area contributed by atoms with Crippen LogP contribution in [0.15, 0.2) is 24.3 Å². The Labute approximate surface area is 156 Å². The number of aryl methyl sites for hydroxylation is 1. The number of alkyl halides is 1. The molecule has 1 saturated carbocycles. The number of aromatic amines is 1. The number of benzene rings is 1. The lowest BCUT2D eigenvalue weighted by Gasteiger charge is -2.34. The van der Waals surface area contributed by atoms with Gasteiger partial charge in [-0.1, -0.05) is 66.0 Å². The Morgan fingerprint density at radius 3 is 2.52 bits per heavy atom. The maximum atomic E-state index is 12.5. The summed E-state index contributed by atoms with van der Waals surface area (Å²) in [6.45, 7) is 6.34. The summed E-state index contributed by atoms with van der Waals surface area (Å²) >= 11 is 3.41. The zero-order chi connectivity index (χ0) is 18.0. The van der Waals surface area contributed by atoms with E-state index < -0.39 is 4.83 Å². The van der Waals surface area contributed by atoms with Gasteiger partial charge in [-0.2, -0.15) is 5.10 Å². The second-order valence-electron chi connectivity index (χ2n) is 7.06. The average molecular weight is 406 g/mol. The zero-order valence-electron chi connectivity index (χ0n) is 14.8. The van der Waals surface area contributed by atoms with Gasteiger partial charge in [-0.15, -0.1) is 0 Å². The number of carbonyl (C=O) groups excluding carboxylic acids is 1. The molecular formula is C19H24BrN3O2. The van der Waals surface area contributed by atoms with Crippen molar-refractivity contribution in [2.24, 2.45) is 11.8 Å². The number of nitrogens with zero attached hydrogens (tertiary/aromatic N) is 2. The largest absolute Gasteiger partial charge is 0.461 e. The third-order valence-corrected chi connectivity index (χ3v) is 5.76. The maximum absolute atomic E-state index is 12.5. The molecule has 6 heteroatoms. The van der Waals surface area contributed by atoms with Gasteiger partial charge in [0.15, 0.2) is 10.7 Å². The van der Waals surface area contributed by atoms with E-state index in [1.165, 1.54) is 12.0 Å². The topological polar surface area (TPSA) is 67.9 Å². The molecule has 0 spiro atoms. The number of halogens is 1. The predicted octanol–water partition coefficient (Wildman–Crippen LogP) is 4.58. The first-order chi connectivity index (χ1) is 12.0. The fraction of sp³-hybridized carbons (Fsp3) is 0.526. The van der Waals surface area contributed by atoms with Crippen LogP contribution >= 0.6 is 15.9 Å². The summed E-state index contributed by atoms with van der Waals surface area (Å²) in [7, 11) is 0. The van der Waals surface area contributed by atoms with Crippen molar-refractivity contribution in [3.8, 4) is 11.4 Å². The molecule has 5 nitrogen and oxygen atoms in total. The van der Waals surface area contributed by atoms with Gasteiger partial charge in [0.25, 0.3) is 0 Å². The smallest absolute Gasteiger partial charge is 0.327 e. The van der Waals surface area contributed by atoms with Crippen LogP contribution < -0.4 is 0 Å². The molecule has 3 rings (SSSR count). The number of hydrogen-bond donors (Lipinski definition) is 1. The van der Waals surface area contributed by atoms with E-state index in [0.29, 0.717) is 23.5 Å². The van der Waals surface area contributed by atoms with Crippen LogP contribution in [0.2, 0.25) is 0 Å². The fourth-order valence-corrected chi connectivity index (χ4v) is 3.72. The van der Waals surface area contributed by atoms with E-state index in [0.717, 1.165) is 18.4 Å². The van der Waals surface area contributed by atoms with E-state index in [4.69, 9.17) is 4.74 Å². The third-order valence-electron chi connectivity index (χ3n) is 4.95. The van der Waals surface area contributed by atoms with Crippen LogP contribution in [0.4, 0.5) is 0 Å². The lowest BCUT2D eigenvalue weighted by Crippen LogP contribution is -2.35. The van der Waals surface area contributed by atoms with Crippen LogP contribution in [-0.2, 0) is 9.53 Å². The summed E-state index contributed by atoms with van der Waals surface area (Å²) in [5.74, 6) is 1.52. The number of carbonyl (C=O) groups is 1. The molecule has 0 aliphatic heterocycles. The van der Waals surface area contributed by atoms with Gasteiger partial charge >= 0.3 is 5.97 Å². The van der Waals surface area contributed by atoms with Crippen LogP contribution in [0.1, 0.15) is 49.3 Å². The third kappa shape index (κ3) is 4.11. The van der Waals surface area contributed by atoms with Crippen molar-refractivity contribution in [2.45, 2.75) is 51.0 Å². The van der Waals surface area contributed by atoms with E-state index in [9.17, 15) is 4.79 Å². The molecule has 25 heavy (non-hydrogen) atoms. The Hall–Kier alpha value is -1.69. The predicted molar refractivity (Wildman–Crippen MR) is 100 cm³/mol. The van der Waals surface area contributed by atoms with E-state index >= 15 is 0 Å². The van der Waals surface area contributed by atoms with Crippen molar-refractivity contribution in [2.75, 3.05) is 0 Å². The van der Waals surface area contributed by atoms with E-state index in [-0.39, 0.29) is 12.1 Å². The van der Waals surface area contributed by atoms with Crippen LogP contribution in [-0.4, -0.2) is 27.3 Å². The summed E-state index contributed by atoms with van der Waals surface area (Å²) in [4.78, 5) is 16.3. The summed E-state index contributed by atoms with van der Waals surface area (Å²) in [5, 5.41) is 7.07. The van der Waals surface area contributed by atoms with E-state index in [1.54, 1.807) is 0 Å². The number of hydrogen-bond acceptors (Lipinski definition) is 4. The molecule has 1 N–H and O–H groups in total. The van der Waals surface area contributed by atoms with Crippen molar-refractivity contribution >= 4 is 21.9 Å². The molecule has 1 aromatic carbocycles. The fourth-order valence-electron chi connectivity index (χ4n) is 3.41. The highest BCUT2D eigenvalue weighted by Crippen LogP contribution is 2.33. The summed E-state index contributed by atoms with van der Waals surface area (Å²) in [6, 6.07) is 7.96. The van der Waals surface area contributed by atoms with Crippen LogP contribution in [0.5, 0.6) is 0 Å². The van der Waals surface area contributed by atoms with Gasteiger partial charge in [-0.05, 0) is 31.6 Å². The Morgan fingerprint density at radius 2 is 1.88 bits per heavy atom. The standard InChI is InChI=1S/C19H24BrN3O2/c1-11-7-9-14(10-8-11)17-21-18(23-22-17)15(20)19(24)25-16-12(2)5-4-6-13(16)3/h7-10,12-13,15-16H,4-6H2,1-3H3,(H,21,22,23). The van der Waals surface area contributed by atoms with Crippen molar-refractivity contribution in [3.63, 3.8) is 0 Å². The lowest BCUT2D eigenvalue weighted by atomic mass is 9.80. The molecule has 0 radical (unpaired) electrons. The monoisotopic (exact) mass is 405 g/mol. The molecule has 1 aromatic heterocycles. The Morgan fingerprint density at radius 1 is 1.24 bits per heavy atom. The molecule has 1 aliphatic rings. The molecule has 1 aliphatic carbocycles. The van der Waals surface area contributed by atoms with Gasteiger partial charge in [0.2, 0.25) is 0 Å². The molecule has 2 aromatic rings. The van der Waals surface area contributed by atoms with E-state index in [2.05, 4.69) is 45.0 Å². The van der Waals surface area contributed by atoms with Crippen LogP contribution in [0.3, 0.4) is 0 Å². The normalized spacial score (nSPS) is 24.7. The Kier molecular flexibility index (Phi) is 5.57. The van der Waals surface area contributed by atoms with Gasteiger partial charge < -0.3 is 4.74 Å². The number of ether oxygens (including phenoxy) is 1. The SMILES string of the molecule is Cc1ccc(-c2n[nH]c(C(Br)C(=O)OC3C(C)CCCC3C)n2)cc1. The van der Waals surface area contributed by atoms with Crippen LogP contribution in [0.25, 0.3) is 11.4 Å². The lowest BCUT2D eigenvalue weighted by molar-refractivity contribution is -0.156. The van der Waals surface area contributed by atoms with Gasteiger partial charge in [-0.25, -0.2) is 4.98 Å². The van der Waals surface area contributed by atoms with E-state index in [1.807, 2.05) is 31.2 Å². The Balaban J connectivity index is 1.69. The molecule has 134 valence electrons. The molecule has 0 bridgehead atoms. The molecule has 1 heterocycles. The minimum absolute atomic E-state index is 0.0270. The minimum atomic E-state index is -0.638. The van der Waals surface area contributed by atoms with Crippen molar-refractivity contribution in [1.29, 1.82) is 0 Å². The summed E-state index contributed by atoms with van der Waals surface area (Å²) in [5.41, 5.74) is 2.09. The quantitative estimate of drug-likeness (QED) is 0.596. The highest BCUT2D eigenvalue weighted by atomic mass is 79.9. The molecule has 0 saturated heterocycles. The summed E-state index contributed by atoms with van der Waals surface area (Å²) < 4.78 is 5.79. The van der Waals surface area contributed by atoms with Crippen molar-refractivity contribution in [1.82, 2.24) is 15.2 Å². The summed E-state index contributed by atoms with van der Waals surface area (Å²) in [6.07, 6.45) is 3.39. The zero-order valence-corrected chi connectivity index (χ0v) is 16.4. The number of esters is 1. The highest BCUT2D eigenvalue weighted by molar-refractivity contribution is 9.09. The van der Waals surface area contributed by atoms with Crippen molar-refractivity contribution < 1.29 is 9.53 Å². The van der Waals surface area contributed by atoms with Gasteiger partial charge in [0, 0.05) is 5.56 Å². The van der Waals surface area contributed by atoms with Gasteiger partial charge in [-0.3, -0.25) is 9.89 Å². The van der Waals surface area contributed by atoms with Gasteiger partial charge in [0.1, 0.15) is 11.9 Å². The highest BCUT2D eigenvalue weighted by Gasteiger charge is 2.33. The number of H-pyrrole nitrogens is 1. The minimum Gasteiger partial charge on any atom is -0.461 e. The van der Waals surface area contributed by atoms with Crippen LogP contribution in [0, 0.1) is 18.8 Å². The maximum Gasteiger partial charge on any atom is 0.327 e. The second kappa shape index (κ2) is 7.68. The first kappa shape index (κ1) is 18.1. The number of aromatic nitrogens is 3.